The summed E-state index contributed by atoms with van der Waals surface area (Å²) in [4.78, 5) is 0. The Balaban J connectivity index is 1.50. The molecule has 1 saturated carbocycles. The van der Waals surface area contributed by atoms with E-state index >= 15 is 0 Å². The highest BCUT2D eigenvalue weighted by molar-refractivity contribution is 5.02. The number of nitrogens with two attached hydrogens (primary N) is 5. The first-order chi connectivity index (χ1) is 19.8. The summed E-state index contributed by atoms with van der Waals surface area (Å²) in [6.07, 6.45) is -20.5. The van der Waals surface area contributed by atoms with Gasteiger partial charge in [-0.05, 0) is 6.42 Å². The molecule has 4 fully saturated rings. The Morgan fingerprint density at radius 3 is 1.55 bits per heavy atom. The Morgan fingerprint density at radius 1 is 0.524 bits per heavy atom. The molecule has 19 atom stereocenters. The second-order valence-corrected chi connectivity index (χ2v) is 11.2. The molecule has 0 spiro atoms. The van der Waals surface area contributed by atoms with Gasteiger partial charge in [0, 0.05) is 18.6 Å². The third-order valence-corrected chi connectivity index (χ3v) is 8.32. The van der Waals surface area contributed by atoms with Crippen LogP contribution in [0, 0.1) is 0 Å². The van der Waals surface area contributed by atoms with Crippen molar-refractivity contribution in [1.29, 1.82) is 0 Å². The maximum absolute atomic E-state index is 11.1. The van der Waals surface area contributed by atoms with Gasteiger partial charge in [-0.25, -0.2) is 0 Å². The number of aliphatic hydroxyl groups is 8. The lowest BCUT2D eigenvalue weighted by molar-refractivity contribution is -0.310. The first kappa shape index (κ1) is 34.1. The largest absolute Gasteiger partial charge is 0.394 e. The van der Waals surface area contributed by atoms with E-state index in [-0.39, 0.29) is 13.0 Å². The Bertz CT molecular complexity index is 866. The van der Waals surface area contributed by atoms with Gasteiger partial charge in [-0.3, -0.25) is 0 Å². The number of hydrogen-bond donors (Lipinski definition) is 13. The van der Waals surface area contributed by atoms with Crippen LogP contribution in [-0.4, -0.2) is 177 Å². The van der Waals surface area contributed by atoms with Crippen molar-refractivity contribution >= 4 is 0 Å². The van der Waals surface area contributed by atoms with Crippen molar-refractivity contribution < 1.29 is 69.3 Å². The lowest BCUT2D eigenvalue weighted by atomic mass is 9.84. The van der Waals surface area contributed by atoms with Crippen LogP contribution < -0.4 is 28.7 Å². The summed E-state index contributed by atoms with van der Waals surface area (Å²) < 4.78 is 34.4. The standard InChI is InChI=1S/C23H45N5O14/c24-2-7-13(32)15(34)10(27)21(37-7)41-19-9(4-30)39-23(17(19)36)42-20-12(31)5(25)1-6(26)18(20)40-22-11(28)16(35)14(33)8(3-29)38-22/h5-23,29-36H,1-4,24-28H2/t5-,6?,7?,8?,9-,10?,11?,12-,13-,14-,15?,16-,17?,18-,19+,20?,21-,22-,23+/m1/s1. The van der Waals surface area contributed by atoms with E-state index < -0.39 is 129 Å². The molecular formula is C23H45N5O14. The Labute approximate surface area is 240 Å². The predicted octanol–water partition coefficient (Wildman–Crippen LogP) is -8.86. The maximum Gasteiger partial charge on any atom is 0.187 e. The van der Waals surface area contributed by atoms with Gasteiger partial charge < -0.3 is 97.9 Å². The van der Waals surface area contributed by atoms with E-state index in [1.165, 1.54) is 0 Å². The zero-order valence-electron chi connectivity index (χ0n) is 22.7. The molecule has 18 N–H and O–H groups in total. The molecule has 0 aromatic carbocycles. The molecule has 0 amide bonds. The molecule has 4 rings (SSSR count). The highest BCUT2D eigenvalue weighted by atomic mass is 16.8. The van der Waals surface area contributed by atoms with Gasteiger partial charge in [-0.15, -0.1) is 0 Å². The van der Waals surface area contributed by atoms with Crippen LogP contribution in [0.4, 0.5) is 0 Å². The molecular weight excluding hydrogens is 570 g/mol. The zero-order valence-corrected chi connectivity index (χ0v) is 22.7. The van der Waals surface area contributed by atoms with Gasteiger partial charge in [0.2, 0.25) is 0 Å². The molecule has 0 aromatic rings. The molecule has 0 aromatic heterocycles. The van der Waals surface area contributed by atoms with Gasteiger partial charge in [0.25, 0.3) is 0 Å². The first-order valence-electron chi connectivity index (χ1n) is 13.8. The van der Waals surface area contributed by atoms with E-state index in [2.05, 4.69) is 0 Å². The molecule has 0 bridgehead atoms. The summed E-state index contributed by atoms with van der Waals surface area (Å²) in [5, 5.41) is 82.3. The molecule has 19 heteroatoms. The van der Waals surface area contributed by atoms with Crippen LogP contribution in [0.15, 0.2) is 0 Å². The molecule has 3 aliphatic heterocycles. The van der Waals surface area contributed by atoms with Crippen LogP contribution in [-0.2, 0) is 28.4 Å². The lowest BCUT2D eigenvalue weighted by Gasteiger charge is -2.47. The van der Waals surface area contributed by atoms with E-state index in [1.54, 1.807) is 0 Å². The molecule has 0 radical (unpaired) electrons. The van der Waals surface area contributed by atoms with Crippen LogP contribution in [0.3, 0.4) is 0 Å². The first-order valence-corrected chi connectivity index (χ1v) is 13.8. The summed E-state index contributed by atoms with van der Waals surface area (Å²) in [6, 6.07) is -4.30. The molecule has 19 nitrogen and oxygen atoms in total. The van der Waals surface area contributed by atoms with Crippen molar-refractivity contribution in [2.75, 3.05) is 19.8 Å². The van der Waals surface area contributed by atoms with Crippen molar-refractivity contribution in [2.24, 2.45) is 28.7 Å². The average Bonchev–Trinajstić information content (AvgIpc) is 3.27. The summed E-state index contributed by atoms with van der Waals surface area (Å²) in [5.41, 5.74) is 29.9. The van der Waals surface area contributed by atoms with Crippen LogP contribution in [0.25, 0.3) is 0 Å². The normalized spacial score (nSPS) is 53.8. The van der Waals surface area contributed by atoms with Gasteiger partial charge in [0.1, 0.15) is 67.1 Å². The molecule has 8 unspecified atom stereocenters. The fraction of sp³-hybridized carbons (Fsp3) is 1.00. The average molecular weight is 616 g/mol. The van der Waals surface area contributed by atoms with Gasteiger partial charge in [0.15, 0.2) is 18.9 Å². The number of ether oxygens (including phenoxy) is 6. The Kier molecular flexibility index (Phi) is 11.5. The van der Waals surface area contributed by atoms with E-state index in [0.29, 0.717) is 0 Å². The van der Waals surface area contributed by atoms with E-state index in [4.69, 9.17) is 57.1 Å². The highest BCUT2D eigenvalue weighted by Crippen LogP contribution is 2.34. The van der Waals surface area contributed by atoms with Crippen molar-refractivity contribution in [1.82, 2.24) is 0 Å². The van der Waals surface area contributed by atoms with Gasteiger partial charge >= 0.3 is 0 Å². The van der Waals surface area contributed by atoms with Gasteiger partial charge in [0.05, 0.1) is 31.4 Å². The zero-order chi connectivity index (χ0) is 31.0. The minimum Gasteiger partial charge on any atom is -0.394 e. The van der Waals surface area contributed by atoms with Gasteiger partial charge in [-0.2, -0.15) is 0 Å². The van der Waals surface area contributed by atoms with Crippen molar-refractivity contribution in [3.63, 3.8) is 0 Å². The topological polar surface area (TPSA) is 347 Å². The monoisotopic (exact) mass is 615 g/mol. The third kappa shape index (κ3) is 6.60. The van der Waals surface area contributed by atoms with Crippen LogP contribution in [0.2, 0.25) is 0 Å². The molecule has 3 saturated heterocycles. The van der Waals surface area contributed by atoms with Gasteiger partial charge in [-0.1, -0.05) is 0 Å². The number of aliphatic hydroxyl groups excluding tert-OH is 8. The fourth-order valence-electron chi connectivity index (χ4n) is 5.70. The minimum absolute atomic E-state index is 0.0642. The summed E-state index contributed by atoms with van der Waals surface area (Å²) in [5.74, 6) is 0. The quantitative estimate of drug-likeness (QED) is 0.114. The van der Waals surface area contributed by atoms with Crippen molar-refractivity contribution in [3.05, 3.63) is 0 Å². The van der Waals surface area contributed by atoms with Crippen LogP contribution >= 0.6 is 0 Å². The molecule has 1 aliphatic carbocycles. The highest BCUT2D eigenvalue weighted by Gasteiger charge is 2.54. The van der Waals surface area contributed by atoms with E-state index in [1.807, 2.05) is 0 Å². The minimum atomic E-state index is -1.62. The molecule has 3 heterocycles. The summed E-state index contributed by atoms with van der Waals surface area (Å²) >= 11 is 0. The second kappa shape index (κ2) is 14.1. The number of rotatable bonds is 9. The Morgan fingerprint density at radius 2 is 1.00 bits per heavy atom. The second-order valence-electron chi connectivity index (χ2n) is 11.2. The lowest BCUT2D eigenvalue weighted by Crippen LogP contribution is -2.68. The Hall–Kier alpha value is -0.760. The summed E-state index contributed by atoms with van der Waals surface area (Å²) in [7, 11) is 0. The van der Waals surface area contributed by atoms with E-state index in [9.17, 15) is 40.9 Å². The van der Waals surface area contributed by atoms with Crippen molar-refractivity contribution in [2.45, 2.75) is 123 Å². The third-order valence-electron chi connectivity index (χ3n) is 8.32. The fourth-order valence-corrected chi connectivity index (χ4v) is 5.70. The van der Waals surface area contributed by atoms with Crippen LogP contribution in [0.1, 0.15) is 6.42 Å². The SMILES string of the molecule is NCC1O[C@H](O[C@@H]2C(O)[C@H](OC3[C@H](O[C@H]4OC(CO)[C@@H](O)[C@H](O)C4N)C(N)C[C@@H](N)[C@H]3O)O[C@@H]2CO)C(N)C(O)[C@@H]1O. The van der Waals surface area contributed by atoms with Crippen LogP contribution in [0.5, 0.6) is 0 Å². The number of hydrogen-bond acceptors (Lipinski definition) is 19. The smallest absolute Gasteiger partial charge is 0.187 e. The van der Waals surface area contributed by atoms with Crippen molar-refractivity contribution in [3.8, 4) is 0 Å². The summed E-state index contributed by atoms with van der Waals surface area (Å²) in [6.45, 7) is -1.49. The maximum atomic E-state index is 11.1. The molecule has 4 aliphatic rings. The molecule has 246 valence electrons. The predicted molar refractivity (Wildman–Crippen MR) is 136 cm³/mol. The molecule has 42 heavy (non-hydrogen) atoms. The van der Waals surface area contributed by atoms with E-state index in [0.717, 1.165) is 0 Å².